The smallest absolute Gasteiger partial charge is 0.0247 e. The van der Waals surface area contributed by atoms with Crippen molar-refractivity contribution in [2.45, 2.75) is 33.6 Å². The van der Waals surface area contributed by atoms with Gasteiger partial charge in [-0.25, -0.2) is 0 Å². The lowest BCUT2D eigenvalue weighted by Gasteiger charge is -2.11. The molecule has 1 nitrogen and oxygen atoms in total. The van der Waals surface area contributed by atoms with Crippen LogP contribution in [0.15, 0.2) is 17.8 Å². The minimum atomic E-state index is 1.21. The highest BCUT2D eigenvalue weighted by Crippen LogP contribution is 2.23. The maximum absolute atomic E-state index is 2.29. The molecule has 1 aliphatic carbocycles. The minimum absolute atomic E-state index is 1.21. The van der Waals surface area contributed by atoms with E-state index in [2.05, 4.69) is 36.9 Å². The fourth-order valence-corrected chi connectivity index (χ4v) is 1.69. The lowest BCUT2D eigenvalue weighted by atomic mass is 9.99. The monoisotopic (exact) mass is 177 g/mol. The van der Waals surface area contributed by atoms with Crippen molar-refractivity contribution in [3.63, 3.8) is 0 Å². The zero-order valence-electron chi connectivity index (χ0n) is 9.09. The van der Waals surface area contributed by atoms with E-state index >= 15 is 0 Å². The van der Waals surface area contributed by atoms with E-state index in [1.165, 1.54) is 29.7 Å². The van der Waals surface area contributed by atoms with Gasteiger partial charge in [0, 0.05) is 18.9 Å². The van der Waals surface area contributed by atoms with E-state index in [9.17, 15) is 0 Å². The third-order valence-electron chi connectivity index (χ3n) is 2.39. The quantitative estimate of drug-likeness (QED) is 0.572. The maximum atomic E-state index is 2.29. The van der Waals surface area contributed by atoms with Crippen LogP contribution in [-0.4, -0.2) is 4.57 Å². The van der Waals surface area contributed by atoms with Gasteiger partial charge < -0.3 is 4.57 Å². The summed E-state index contributed by atoms with van der Waals surface area (Å²) < 4.78 is 2.22. The number of aryl methyl sites for hydroxylation is 1. The van der Waals surface area contributed by atoms with Crippen LogP contribution in [0.3, 0.4) is 0 Å². The van der Waals surface area contributed by atoms with E-state index in [1.54, 1.807) is 0 Å². The molecule has 1 aromatic heterocycles. The van der Waals surface area contributed by atoms with Crippen LogP contribution in [-0.2, 0) is 13.5 Å². The first kappa shape index (κ1) is 10.1. The Morgan fingerprint density at radius 3 is 2.62 bits per heavy atom. The first-order valence-corrected chi connectivity index (χ1v) is 5.09. The Kier molecular flexibility index (Phi) is 3.35. The molecule has 0 aliphatic heterocycles. The van der Waals surface area contributed by atoms with Crippen molar-refractivity contribution in [1.29, 1.82) is 0 Å². The highest BCUT2D eigenvalue weighted by atomic mass is 14.9. The van der Waals surface area contributed by atoms with Gasteiger partial charge in [0.15, 0.2) is 0 Å². The second-order valence-corrected chi connectivity index (χ2v) is 3.32. The summed E-state index contributed by atoms with van der Waals surface area (Å²) in [5.74, 6) is 0. The van der Waals surface area contributed by atoms with Gasteiger partial charge in [-0.15, -0.1) is 0 Å². The van der Waals surface area contributed by atoms with Crippen LogP contribution in [0.2, 0.25) is 0 Å². The molecule has 0 spiro atoms. The van der Waals surface area contributed by atoms with Gasteiger partial charge in [-0.3, -0.25) is 0 Å². The van der Waals surface area contributed by atoms with E-state index in [1.807, 2.05) is 13.8 Å². The number of fused-ring (bicyclic) bond motifs is 1. The van der Waals surface area contributed by atoms with Crippen molar-refractivity contribution < 1.29 is 0 Å². The van der Waals surface area contributed by atoms with Crippen LogP contribution in [0.4, 0.5) is 0 Å². The van der Waals surface area contributed by atoms with Gasteiger partial charge in [0.2, 0.25) is 0 Å². The van der Waals surface area contributed by atoms with Crippen LogP contribution in [0.25, 0.3) is 6.08 Å². The Hall–Kier alpha value is -0.980. The molecule has 0 amide bonds. The Morgan fingerprint density at radius 1 is 1.23 bits per heavy atom. The summed E-state index contributed by atoms with van der Waals surface area (Å²) in [6, 6.07) is 2.19. The summed E-state index contributed by atoms with van der Waals surface area (Å²) in [7, 11) is 2.12. The van der Waals surface area contributed by atoms with Gasteiger partial charge in [-0.1, -0.05) is 25.5 Å². The molecule has 0 bridgehead atoms. The highest BCUT2D eigenvalue weighted by Gasteiger charge is 2.09. The molecule has 0 radical (unpaired) electrons. The van der Waals surface area contributed by atoms with Crippen molar-refractivity contribution in [1.82, 2.24) is 4.57 Å². The van der Waals surface area contributed by atoms with E-state index in [4.69, 9.17) is 0 Å². The molecule has 1 heterocycles. The number of nitrogens with zero attached hydrogens (tertiary/aromatic N) is 1. The van der Waals surface area contributed by atoms with Gasteiger partial charge in [-0.2, -0.15) is 0 Å². The Bertz CT molecular complexity index is 305. The van der Waals surface area contributed by atoms with Crippen molar-refractivity contribution in [3.05, 3.63) is 29.1 Å². The van der Waals surface area contributed by atoms with Gasteiger partial charge in [0.25, 0.3) is 0 Å². The fraction of sp³-hybridized carbons (Fsp3) is 0.500. The Morgan fingerprint density at radius 2 is 1.92 bits per heavy atom. The third kappa shape index (κ3) is 2.03. The SMILES string of the molecule is CC.CC1=Cc2ccn(C)c2CC1. The van der Waals surface area contributed by atoms with Crippen molar-refractivity contribution in [3.8, 4) is 0 Å². The summed E-state index contributed by atoms with van der Waals surface area (Å²) >= 11 is 0. The Balaban J connectivity index is 0.000000396. The molecule has 0 N–H and O–H groups in total. The molecule has 0 atom stereocenters. The molecule has 72 valence electrons. The molecule has 0 aromatic carbocycles. The zero-order chi connectivity index (χ0) is 9.84. The van der Waals surface area contributed by atoms with Gasteiger partial charge in [0.05, 0.1) is 0 Å². The largest absolute Gasteiger partial charge is 0.354 e. The molecule has 1 aromatic rings. The molecule has 0 unspecified atom stereocenters. The van der Waals surface area contributed by atoms with E-state index in [0.717, 1.165) is 0 Å². The normalized spacial score (nSPS) is 14.0. The van der Waals surface area contributed by atoms with Gasteiger partial charge >= 0.3 is 0 Å². The Labute approximate surface area is 81.1 Å². The van der Waals surface area contributed by atoms with E-state index in [-0.39, 0.29) is 0 Å². The molecule has 0 saturated heterocycles. The summed E-state index contributed by atoms with van der Waals surface area (Å²) in [5.41, 5.74) is 4.40. The second kappa shape index (κ2) is 4.31. The van der Waals surface area contributed by atoms with Gasteiger partial charge in [-0.05, 0) is 31.4 Å². The van der Waals surface area contributed by atoms with Crippen LogP contribution in [0, 0.1) is 0 Å². The lowest BCUT2D eigenvalue weighted by molar-refractivity contribution is 0.788. The molecule has 0 fully saturated rings. The number of rotatable bonds is 0. The average molecular weight is 177 g/mol. The fourth-order valence-electron chi connectivity index (χ4n) is 1.69. The number of aromatic nitrogens is 1. The van der Waals surface area contributed by atoms with Crippen molar-refractivity contribution in [2.24, 2.45) is 7.05 Å². The molecule has 1 heteroatoms. The number of hydrogen-bond donors (Lipinski definition) is 0. The predicted octanol–water partition coefficient (Wildman–Crippen LogP) is 3.40. The summed E-state index contributed by atoms with van der Waals surface area (Å²) in [5, 5.41) is 0. The standard InChI is InChI=1S/C10H13N.C2H6/c1-8-3-4-10-9(7-8)5-6-11(10)2;1-2/h5-7H,3-4H2,1-2H3;1-2H3. The van der Waals surface area contributed by atoms with Gasteiger partial charge in [0.1, 0.15) is 0 Å². The molecule has 13 heavy (non-hydrogen) atoms. The van der Waals surface area contributed by atoms with Crippen molar-refractivity contribution in [2.75, 3.05) is 0 Å². The van der Waals surface area contributed by atoms with Crippen LogP contribution in [0.5, 0.6) is 0 Å². The highest BCUT2D eigenvalue weighted by molar-refractivity contribution is 5.57. The molecule has 1 aliphatic rings. The molecular weight excluding hydrogens is 158 g/mol. The number of allylic oxidation sites excluding steroid dienone is 1. The lowest BCUT2D eigenvalue weighted by Crippen LogP contribution is -2.01. The molecular formula is C12H19N. The van der Waals surface area contributed by atoms with E-state index in [0.29, 0.717) is 0 Å². The molecule has 0 saturated carbocycles. The first-order chi connectivity index (χ1) is 6.27. The molecule has 2 rings (SSSR count). The summed E-state index contributed by atoms with van der Waals surface area (Å²) in [6.07, 6.45) is 6.87. The van der Waals surface area contributed by atoms with Crippen LogP contribution >= 0.6 is 0 Å². The van der Waals surface area contributed by atoms with Crippen LogP contribution in [0.1, 0.15) is 38.4 Å². The maximum Gasteiger partial charge on any atom is 0.0247 e. The van der Waals surface area contributed by atoms with Crippen molar-refractivity contribution >= 4 is 6.08 Å². The summed E-state index contributed by atoms with van der Waals surface area (Å²) in [4.78, 5) is 0. The predicted molar refractivity (Wildman–Crippen MR) is 58.7 cm³/mol. The topological polar surface area (TPSA) is 4.93 Å². The number of hydrogen-bond acceptors (Lipinski definition) is 0. The zero-order valence-corrected chi connectivity index (χ0v) is 9.09. The van der Waals surface area contributed by atoms with Crippen LogP contribution < -0.4 is 0 Å². The minimum Gasteiger partial charge on any atom is -0.354 e. The third-order valence-corrected chi connectivity index (χ3v) is 2.39. The second-order valence-electron chi connectivity index (χ2n) is 3.32. The van der Waals surface area contributed by atoms with E-state index < -0.39 is 0 Å². The average Bonchev–Trinajstić information content (AvgIpc) is 2.51. The first-order valence-electron chi connectivity index (χ1n) is 5.09. The summed E-state index contributed by atoms with van der Waals surface area (Å²) in [6.45, 7) is 6.20.